The van der Waals surface area contributed by atoms with Crippen LogP contribution < -0.4 is 11.2 Å². The molecule has 2 rings (SSSR count). The molecule has 0 saturated carbocycles. The van der Waals surface area contributed by atoms with Crippen LogP contribution in [0.4, 0.5) is 5.69 Å². The number of aromatic nitrogens is 3. The van der Waals surface area contributed by atoms with Crippen molar-refractivity contribution in [1.29, 1.82) is 0 Å². The summed E-state index contributed by atoms with van der Waals surface area (Å²) in [7, 11) is 0. The number of nitrogens with one attached hydrogen (secondary N) is 1. The van der Waals surface area contributed by atoms with Gasteiger partial charge in [-0.15, -0.1) is 10.2 Å². The van der Waals surface area contributed by atoms with Gasteiger partial charge in [0.1, 0.15) is 0 Å². The molecule has 0 bridgehead atoms. The first-order chi connectivity index (χ1) is 11.1. The smallest absolute Gasteiger partial charge is 0.237 e. The van der Waals surface area contributed by atoms with Crippen LogP contribution in [-0.4, -0.2) is 26.0 Å². The molecule has 0 saturated heterocycles. The molecule has 0 aliphatic rings. The fourth-order valence-electron chi connectivity index (χ4n) is 1.95. The van der Waals surface area contributed by atoms with Crippen LogP contribution in [0, 0.1) is 0 Å². The average Bonchev–Trinajstić information content (AvgIpc) is 2.78. The number of amides is 1. The first-order valence-electron chi connectivity index (χ1n) is 7.22. The highest BCUT2D eigenvalue weighted by atomic mass is 35.5. The zero-order valence-corrected chi connectivity index (χ0v) is 16.1. The van der Waals surface area contributed by atoms with E-state index in [1.807, 2.05) is 20.8 Å². The minimum absolute atomic E-state index is 0.210. The van der Waals surface area contributed by atoms with Gasteiger partial charge >= 0.3 is 0 Å². The van der Waals surface area contributed by atoms with Crippen LogP contribution in [0.15, 0.2) is 23.4 Å². The van der Waals surface area contributed by atoms with E-state index in [4.69, 9.17) is 29.0 Å². The molecule has 1 aromatic carbocycles. The van der Waals surface area contributed by atoms with Gasteiger partial charge in [0.2, 0.25) is 11.1 Å². The minimum Gasteiger partial charge on any atom is -0.336 e. The second-order valence-corrected chi connectivity index (χ2v) is 8.51. The van der Waals surface area contributed by atoms with Gasteiger partial charge < -0.3 is 11.2 Å². The Morgan fingerprint density at radius 2 is 1.83 bits per heavy atom. The Hall–Kier alpha value is -1.44. The molecule has 3 N–H and O–H groups in total. The van der Waals surface area contributed by atoms with Gasteiger partial charge in [-0.3, -0.25) is 4.79 Å². The lowest BCUT2D eigenvalue weighted by molar-refractivity contribution is -0.115. The number of hydrogen-bond acceptors (Lipinski definition) is 5. The van der Waals surface area contributed by atoms with Gasteiger partial charge in [0.15, 0.2) is 5.82 Å². The zero-order chi connectivity index (χ0) is 18.1. The SMILES string of the molecule is C[C@H](Sc1nnc(C(C)(C)C)n1N)C(=O)Nc1cc(Cl)cc(Cl)c1. The highest BCUT2D eigenvalue weighted by Gasteiger charge is 2.25. The van der Waals surface area contributed by atoms with Gasteiger partial charge in [0.05, 0.1) is 5.25 Å². The summed E-state index contributed by atoms with van der Waals surface area (Å²) in [5.74, 6) is 6.48. The van der Waals surface area contributed by atoms with Crippen molar-refractivity contribution in [2.45, 2.75) is 43.5 Å². The maximum absolute atomic E-state index is 12.3. The highest BCUT2D eigenvalue weighted by Crippen LogP contribution is 2.27. The lowest BCUT2D eigenvalue weighted by Gasteiger charge is -2.17. The van der Waals surface area contributed by atoms with Gasteiger partial charge in [0, 0.05) is 21.1 Å². The molecule has 1 atom stereocenters. The third-order valence-corrected chi connectivity index (χ3v) is 4.61. The molecule has 0 aliphatic heterocycles. The van der Waals surface area contributed by atoms with Crippen molar-refractivity contribution in [3.63, 3.8) is 0 Å². The molecule has 6 nitrogen and oxygen atoms in total. The first-order valence-corrected chi connectivity index (χ1v) is 8.86. The maximum atomic E-state index is 12.3. The van der Waals surface area contributed by atoms with Crippen molar-refractivity contribution < 1.29 is 4.79 Å². The molecular weight excluding hydrogens is 369 g/mol. The largest absolute Gasteiger partial charge is 0.336 e. The molecule has 0 radical (unpaired) electrons. The minimum atomic E-state index is -0.429. The number of benzene rings is 1. The van der Waals surface area contributed by atoms with E-state index in [1.54, 1.807) is 25.1 Å². The summed E-state index contributed by atoms with van der Waals surface area (Å²) in [6, 6.07) is 4.86. The number of nitrogen functional groups attached to an aromatic ring is 1. The van der Waals surface area contributed by atoms with Crippen LogP contribution in [0.5, 0.6) is 0 Å². The predicted molar refractivity (Wildman–Crippen MR) is 99.3 cm³/mol. The number of hydrogen-bond donors (Lipinski definition) is 2. The van der Waals surface area contributed by atoms with Gasteiger partial charge in [0.25, 0.3) is 0 Å². The summed E-state index contributed by atoms with van der Waals surface area (Å²) in [4.78, 5) is 12.3. The number of nitrogens with two attached hydrogens (primary N) is 1. The number of halogens is 2. The molecule has 0 spiro atoms. The van der Waals surface area contributed by atoms with E-state index < -0.39 is 5.25 Å². The Morgan fingerprint density at radius 3 is 2.33 bits per heavy atom. The summed E-state index contributed by atoms with van der Waals surface area (Å²) in [5, 5.41) is 11.9. The highest BCUT2D eigenvalue weighted by molar-refractivity contribution is 8.00. The molecule has 1 heterocycles. The number of nitrogens with zero attached hydrogens (tertiary/aromatic N) is 3. The quantitative estimate of drug-likeness (QED) is 0.616. The van der Waals surface area contributed by atoms with Crippen LogP contribution in [0.2, 0.25) is 10.0 Å². The van der Waals surface area contributed by atoms with Crippen molar-refractivity contribution in [2.75, 3.05) is 11.2 Å². The molecule has 24 heavy (non-hydrogen) atoms. The van der Waals surface area contributed by atoms with Crippen LogP contribution in [0.1, 0.15) is 33.5 Å². The molecule has 2 aromatic rings. The number of rotatable bonds is 4. The number of carbonyl (C=O) groups excluding carboxylic acids is 1. The van der Waals surface area contributed by atoms with E-state index in [0.29, 0.717) is 26.7 Å². The molecule has 130 valence electrons. The summed E-state index contributed by atoms with van der Waals surface area (Å²) in [5.41, 5.74) is 0.304. The van der Waals surface area contributed by atoms with Crippen molar-refractivity contribution >= 4 is 46.6 Å². The van der Waals surface area contributed by atoms with Crippen molar-refractivity contribution in [3.8, 4) is 0 Å². The Labute approximate surface area is 155 Å². The summed E-state index contributed by atoms with van der Waals surface area (Å²) in [6.45, 7) is 7.74. The predicted octanol–water partition coefficient (Wildman–Crippen LogP) is 3.72. The molecule has 0 unspecified atom stereocenters. The standard InChI is InChI=1S/C15H19Cl2N5OS/c1-8(12(23)19-11-6-9(16)5-10(17)7-11)24-14-21-20-13(22(14)18)15(2,3)4/h5-8H,18H2,1-4H3,(H,19,23)/t8-/m0/s1. The van der Waals surface area contributed by atoms with Gasteiger partial charge in [-0.1, -0.05) is 55.7 Å². The fourth-order valence-corrected chi connectivity index (χ4v) is 3.25. The Balaban J connectivity index is 2.08. The van der Waals surface area contributed by atoms with Crippen LogP contribution in [0.3, 0.4) is 0 Å². The normalized spacial score (nSPS) is 12.9. The monoisotopic (exact) mass is 387 g/mol. The molecule has 9 heteroatoms. The summed E-state index contributed by atoms with van der Waals surface area (Å²) >= 11 is 13.1. The Morgan fingerprint density at radius 1 is 1.25 bits per heavy atom. The van der Waals surface area contributed by atoms with E-state index >= 15 is 0 Å². The topological polar surface area (TPSA) is 85.8 Å². The second kappa shape index (κ2) is 7.21. The lowest BCUT2D eigenvalue weighted by Crippen LogP contribution is -2.26. The molecule has 1 amide bonds. The number of carbonyl (C=O) groups is 1. The summed E-state index contributed by atoms with van der Waals surface area (Å²) in [6.07, 6.45) is 0. The fraction of sp³-hybridized carbons (Fsp3) is 0.400. The van der Waals surface area contributed by atoms with Crippen molar-refractivity contribution in [1.82, 2.24) is 14.9 Å². The van der Waals surface area contributed by atoms with E-state index in [-0.39, 0.29) is 11.3 Å². The van der Waals surface area contributed by atoms with Gasteiger partial charge in [-0.2, -0.15) is 0 Å². The van der Waals surface area contributed by atoms with Gasteiger partial charge in [-0.05, 0) is 25.1 Å². The number of thioether (sulfide) groups is 1. The molecular formula is C15H19Cl2N5OS. The molecule has 0 fully saturated rings. The van der Waals surface area contributed by atoms with E-state index in [1.165, 1.54) is 16.4 Å². The Kier molecular flexibility index (Phi) is 5.67. The van der Waals surface area contributed by atoms with Crippen LogP contribution in [-0.2, 0) is 10.2 Å². The summed E-state index contributed by atoms with van der Waals surface area (Å²) < 4.78 is 1.42. The third-order valence-electron chi connectivity index (χ3n) is 3.12. The first kappa shape index (κ1) is 18.9. The lowest BCUT2D eigenvalue weighted by atomic mass is 9.96. The zero-order valence-electron chi connectivity index (χ0n) is 13.8. The van der Waals surface area contributed by atoms with Gasteiger partial charge in [-0.25, -0.2) is 4.68 Å². The third kappa shape index (κ3) is 4.55. The van der Waals surface area contributed by atoms with Crippen LogP contribution >= 0.6 is 35.0 Å². The van der Waals surface area contributed by atoms with Crippen molar-refractivity contribution in [3.05, 3.63) is 34.1 Å². The van der Waals surface area contributed by atoms with Crippen LogP contribution in [0.25, 0.3) is 0 Å². The second-order valence-electron chi connectivity index (χ2n) is 6.33. The number of anilines is 1. The maximum Gasteiger partial charge on any atom is 0.237 e. The van der Waals surface area contributed by atoms with E-state index in [2.05, 4.69) is 15.5 Å². The average molecular weight is 388 g/mol. The van der Waals surface area contributed by atoms with E-state index in [0.717, 1.165) is 0 Å². The Bertz CT molecular complexity index is 737. The van der Waals surface area contributed by atoms with E-state index in [9.17, 15) is 4.79 Å². The van der Waals surface area contributed by atoms with Crippen molar-refractivity contribution in [2.24, 2.45) is 0 Å². The molecule has 0 aliphatic carbocycles. The molecule has 1 aromatic heterocycles.